The van der Waals surface area contributed by atoms with Crippen LogP contribution < -0.4 is 5.32 Å². The number of rotatable bonds is 5. The largest absolute Gasteiger partial charge is 0.456 e. The van der Waals surface area contributed by atoms with E-state index >= 15 is 0 Å². The van der Waals surface area contributed by atoms with Crippen LogP contribution in [0.2, 0.25) is 0 Å². The summed E-state index contributed by atoms with van der Waals surface area (Å²) in [5.41, 5.74) is 14.5. The van der Waals surface area contributed by atoms with Gasteiger partial charge < -0.3 is 9.73 Å². The van der Waals surface area contributed by atoms with Crippen LogP contribution >= 0.6 is 0 Å². The lowest BCUT2D eigenvalue weighted by molar-refractivity contribution is 0.666. The summed E-state index contributed by atoms with van der Waals surface area (Å²) in [7, 11) is 0. The molecule has 1 aliphatic carbocycles. The Labute approximate surface area is 306 Å². The Morgan fingerprint density at radius 3 is 1.72 bits per heavy atom. The van der Waals surface area contributed by atoms with Crippen LogP contribution in [0, 0.1) is 0 Å². The molecule has 2 heterocycles. The standard InChI is InChI=1S/C49H31N3O/c1-3-10-30(11-4-1)31-18-20-32(21-19-31)33-22-24-35(25-23-33)48-50-47(34-12-5-2-6-13-34)51-49(52-48)36-26-27-40-43(28-36)53-44-29-42-38-15-8-7-14-37(38)39-16-9-17-41(45(39)42)46(40)44/h1-29,47H,(H,50,51,52). The van der Waals surface area contributed by atoms with Crippen molar-refractivity contribution in [3.05, 3.63) is 193 Å². The number of amidine groups is 2. The third-order valence-corrected chi connectivity index (χ3v) is 10.7. The normalized spacial score (nSPS) is 14.6. The lowest BCUT2D eigenvalue weighted by Gasteiger charge is -2.23. The van der Waals surface area contributed by atoms with Crippen molar-refractivity contribution in [3.8, 4) is 44.5 Å². The summed E-state index contributed by atoms with van der Waals surface area (Å²) in [5, 5.41) is 8.40. The van der Waals surface area contributed by atoms with E-state index in [1.165, 1.54) is 49.7 Å². The highest BCUT2D eigenvalue weighted by Gasteiger charge is 2.26. The van der Waals surface area contributed by atoms with Crippen LogP contribution in [0.15, 0.2) is 190 Å². The van der Waals surface area contributed by atoms with Crippen LogP contribution in [-0.4, -0.2) is 11.7 Å². The molecule has 0 saturated heterocycles. The SMILES string of the molecule is c1ccc(-c2ccc(-c3ccc(C4=NC(c5ccccc5)NC(c5ccc6c(c5)oc5cc7c8c(cccc8c56)-c5ccccc5-7)=N4)cc3)cc2)cc1. The predicted molar refractivity (Wildman–Crippen MR) is 218 cm³/mol. The molecule has 248 valence electrons. The second kappa shape index (κ2) is 11.8. The number of hydrogen-bond acceptors (Lipinski definition) is 4. The molecule has 0 bridgehead atoms. The molecule has 1 aromatic heterocycles. The lowest BCUT2D eigenvalue weighted by Crippen LogP contribution is -2.33. The Morgan fingerprint density at radius 1 is 0.415 bits per heavy atom. The zero-order chi connectivity index (χ0) is 34.9. The molecule has 0 fully saturated rings. The maximum atomic E-state index is 6.67. The molecule has 0 amide bonds. The molecule has 11 rings (SSSR count). The first kappa shape index (κ1) is 29.7. The molecule has 0 radical (unpaired) electrons. The maximum Gasteiger partial charge on any atom is 0.159 e. The van der Waals surface area contributed by atoms with Gasteiger partial charge in [-0.15, -0.1) is 0 Å². The Bertz CT molecular complexity index is 2940. The summed E-state index contributed by atoms with van der Waals surface area (Å²) in [5.74, 6) is 1.45. The van der Waals surface area contributed by atoms with Crippen molar-refractivity contribution >= 4 is 44.4 Å². The van der Waals surface area contributed by atoms with Crippen LogP contribution in [0.1, 0.15) is 22.9 Å². The highest BCUT2D eigenvalue weighted by Crippen LogP contribution is 2.50. The predicted octanol–water partition coefficient (Wildman–Crippen LogP) is 12.2. The molecule has 8 aromatic carbocycles. The van der Waals surface area contributed by atoms with E-state index in [-0.39, 0.29) is 6.17 Å². The van der Waals surface area contributed by atoms with Gasteiger partial charge in [0.15, 0.2) is 5.84 Å². The molecule has 1 N–H and O–H groups in total. The molecule has 0 saturated carbocycles. The molecule has 1 aliphatic heterocycles. The second-order valence-corrected chi connectivity index (χ2v) is 13.8. The number of nitrogens with zero attached hydrogens (tertiary/aromatic N) is 2. The van der Waals surface area contributed by atoms with Crippen LogP contribution in [0.4, 0.5) is 0 Å². The minimum atomic E-state index is -0.293. The Balaban J connectivity index is 0.973. The van der Waals surface area contributed by atoms with Crippen LogP contribution in [0.5, 0.6) is 0 Å². The molecule has 1 unspecified atom stereocenters. The highest BCUT2D eigenvalue weighted by molar-refractivity contribution is 6.28. The van der Waals surface area contributed by atoms with E-state index in [1.807, 2.05) is 24.3 Å². The van der Waals surface area contributed by atoms with Gasteiger partial charge in [0.1, 0.15) is 23.2 Å². The zero-order valence-electron chi connectivity index (χ0n) is 28.6. The fourth-order valence-corrected chi connectivity index (χ4v) is 8.11. The van der Waals surface area contributed by atoms with Crippen molar-refractivity contribution in [2.45, 2.75) is 6.17 Å². The van der Waals surface area contributed by atoms with Gasteiger partial charge in [-0.05, 0) is 79.0 Å². The van der Waals surface area contributed by atoms with Gasteiger partial charge in [0.05, 0.1) is 0 Å². The average Bonchev–Trinajstić information content (AvgIpc) is 3.77. The molecule has 0 spiro atoms. The van der Waals surface area contributed by atoms with Gasteiger partial charge in [0, 0.05) is 21.9 Å². The van der Waals surface area contributed by atoms with Gasteiger partial charge in [0.25, 0.3) is 0 Å². The summed E-state index contributed by atoms with van der Waals surface area (Å²) in [6.45, 7) is 0. The fourth-order valence-electron chi connectivity index (χ4n) is 8.11. The Morgan fingerprint density at radius 2 is 1.00 bits per heavy atom. The van der Waals surface area contributed by atoms with E-state index in [9.17, 15) is 0 Å². The molecular weight excluding hydrogens is 647 g/mol. The Hall–Kier alpha value is -7.04. The molecule has 2 aliphatic rings. The topological polar surface area (TPSA) is 49.9 Å². The van der Waals surface area contributed by atoms with Crippen LogP contribution in [-0.2, 0) is 0 Å². The first-order valence-corrected chi connectivity index (χ1v) is 18.0. The van der Waals surface area contributed by atoms with E-state index in [2.05, 4.69) is 157 Å². The molecule has 9 aromatic rings. The lowest BCUT2D eigenvalue weighted by atomic mass is 9.98. The monoisotopic (exact) mass is 677 g/mol. The van der Waals surface area contributed by atoms with Gasteiger partial charge in [-0.25, -0.2) is 9.98 Å². The van der Waals surface area contributed by atoms with E-state index in [0.29, 0.717) is 5.84 Å². The van der Waals surface area contributed by atoms with E-state index in [1.54, 1.807) is 0 Å². The molecular formula is C49H31N3O. The zero-order valence-corrected chi connectivity index (χ0v) is 28.6. The van der Waals surface area contributed by atoms with E-state index < -0.39 is 0 Å². The van der Waals surface area contributed by atoms with Crippen molar-refractivity contribution in [2.24, 2.45) is 9.98 Å². The first-order valence-electron chi connectivity index (χ1n) is 18.0. The number of hydrogen-bond donors (Lipinski definition) is 1. The van der Waals surface area contributed by atoms with Crippen molar-refractivity contribution in [2.75, 3.05) is 0 Å². The van der Waals surface area contributed by atoms with Crippen LogP contribution in [0.3, 0.4) is 0 Å². The summed E-state index contributed by atoms with van der Waals surface area (Å²) in [4.78, 5) is 10.2. The molecule has 53 heavy (non-hydrogen) atoms. The minimum absolute atomic E-state index is 0.293. The smallest absolute Gasteiger partial charge is 0.159 e. The summed E-state index contributed by atoms with van der Waals surface area (Å²) >= 11 is 0. The molecule has 4 heteroatoms. The summed E-state index contributed by atoms with van der Waals surface area (Å²) in [6.07, 6.45) is -0.293. The maximum absolute atomic E-state index is 6.67. The van der Waals surface area contributed by atoms with Crippen LogP contribution in [0.25, 0.3) is 77.2 Å². The number of benzene rings is 8. The van der Waals surface area contributed by atoms with Crippen molar-refractivity contribution in [3.63, 3.8) is 0 Å². The van der Waals surface area contributed by atoms with E-state index in [4.69, 9.17) is 14.4 Å². The number of nitrogens with one attached hydrogen (secondary N) is 1. The van der Waals surface area contributed by atoms with Crippen molar-refractivity contribution in [1.82, 2.24) is 5.32 Å². The van der Waals surface area contributed by atoms with Gasteiger partial charge >= 0.3 is 0 Å². The quantitative estimate of drug-likeness (QED) is 0.197. The Kier molecular flexibility index (Phi) is 6.58. The second-order valence-electron chi connectivity index (χ2n) is 13.8. The molecule has 1 atom stereocenters. The number of aliphatic imine (C=N–C) groups is 2. The van der Waals surface area contributed by atoms with Gasteiger partial charge in [-0.3, -0.25) is 0 Å². The first-order chi connectivity index (χ1) is 26.2. The number of fused-ring (bicyclic) bond motifs is 7. The third kappa shape index (κ3) is 4.84. The summed E-state index contributed by atoms with van der Waals surface area (Å²) < 4.78 is 6.67. The van der Waals surface area contributed by atoms with E-state index in [0.717, 1.165) is 50.0 Å². The number of furan rings is 1. The van der Waals surface area contributed by atoms with Crippen molar-refractivity contribution < 1.29 is 4.42 Å². The highest BCUT2D eigenvalue weighted by atomic mass is 16.3. The third-order valence-electron chi connectivity index (χ3n) is 10.7. The fraction of sp³-hybridized carbons (Fsp3) is 0.0204. The molecule has 4 nitrogen and oxygen atoms in total. The van der Waals surface area contributed by atoms with Gasteiger partial charge in [0.2, 0.25) is 0 Å². The van der Waals surface area contributed by atoms with Gasteiger partial charge in [-0.1, -0.05) is 158 Å². The van der Waals surface area contributed by atoms with Gasteiger partial charge in [-0.2, -0.15) is 0 Å². The average molecular weight is 678 g/mol. The van der Waals surface area contributed by atoms with Crippen molar-refractivity contribution in [1.29, 1.82) is 0 Å². The summed E-state index contributed by atoms with van der Waals surface area (Å²) in [6, 6.07) is 62.0. The minimum Gasteiger partial charge on any atom is -0.456 e.